The van der Waals surface area contributed by atoms with Gasteiger partial charge < -0.3 is 15.8 Å². The molecule has 0 aliphatic rings. The van der Waals surface area contributed by atoms with Crippen LogP contribution < -0.4 is 15.8 Å². The second-order valence-electron chi connectivity index (χ2n) is 3.64. The number of amides is 1. The minimum absolute atomic E-state index is 0.159. The Morgan fingerprint density at radius 1 is 1.53 bits per heavy atom. The molecule has 0 bridgehead atoms. The standard InChI is InChI=1S/C13H18N2O2/c1-3-8-15-13(16)10(2)17-12-6-4-11(9-14)5-7-12/h3-7,10H,1,8-9,14H2,2H3,(H,15,16). The Bertz CT molecular complexity index is 374. The van der Waals surface area contributed by atoms with Gasteiger partial charge in [-0.2, -0.15) is 0 Å². The van der Waals surface area contributed by atoms with E-state index in [2.05, 4.69) is 11.9 Å². The van der Waals surface area contributed by atoms with E-state index in [0.29, 0.717) is 18.8 Å². The molecule has 0 aliphatic heterocycles. The second-order valence-corrected chi connectivity index (χ2v) is 3.64. The second kappa shape index (κ2) is 6.70. The molecule has 4 nitrogen and oxygen atoms in total. The summed E-state index contributed by atoms with van der Waals surface area (Å²) in [7, 11) is 0. The number of benzene rings is 1. The molecule has 0 spiro atoms. The summed E-state index contributed by atoms with van der Waals surface area (Å²) in [5, 5.41) is 2.67. The maximum atomic E-state index is 11.5. The molecule has 0 radical (unpaired) electrons. The van der Waals surface area contributed by atoms with Crippen LogP contribution in [0.3, 0.4) is 0 Å². The van der Waals surface area contributed by atoms with Gasteiger partial charge >= 0.3 is 0 Å². The molecule has 17 heavy (non-hydrogen) atoms. The van der Waals surface area contributed by atoms with Gasteiger partial charge in [0.25, 0.3) is 5.91 Å². The first-order valence-corrected chi connectivity index (χ1v) is 5.51. The number of carbonyl (C=O) groups excluding carboxylic acids is 1. The molecule has 0 heterocycles. The molecular formula is C13H18N2O2. The lowest BCUT2D eigenvalue weighted by atomic mass is 10.2. The van der Waals surface area contributed by atoms with Crippen LogP contribution in [0.1, 0.15) is 12.5 Å². The Hall–Kier alpha value is -1.81. The number of rotatable bonds is 6. The van der Waals surface area contributed by atoms with Crippen molar-refractivity contribution in [2.45, 2.75) is 19.6 Å². The van der Waals surface area contributed by atoms with Crippen molar-refractivity contribution in [2.75, 3.05) is 6.54 Å². The van der Waals surface area contributed by atoms with Gasteiger partial charge in [0.1, 0.15) is 5.75 Å². The molecule has 1 unspecified atom stereocenters. The van der Waals surface area contributed by atoms with Crippen molar-refractivity contribution in [1.29, 1.82) is 0 Å². The average molecular weight is 234 g/mol. The first-order valence-electron chi connectivity index (χ1n) is 5.51. The fourth-order valence-electron chi connectivity index (χ4n) is 1.28. The number of carbonyl (C=O) groups is 1. The Labute approximate surface area is 101 Å². The van der Waals surface area contributed by atoms with Crippen molar-refractivity contribution in [2.24, 2.45) is 5.73 Å². The fraction of sp³-hybridized carbons (Fsp3) is 0.308. The molecule has 1 rings (SSSR count). The lowest BCUT2D eigenvalue weighted by molar-refractivity contribution is -0.127. The largest absolute Gasteiger partial charge is 0.481 e. The zero-order valence-electron chi connectivity index (χ0n) is 9.98. The maximum absolute atomic E-state index is 11.5. The minimum atomic E-state index is -0.529. The van der Waals surface area contributed by atoms with Crippen LogP contribution >= 0.6 is 0 Å². The molecule has 0 aliphatic carbocycles. The van der Waals surface area contributed by atoms with E-state index in [4.69, 9.17) is 10.5 Å². The van der Waals surface area contributed by atoms with E-state index < -0.39 is 6.10 Å². The first kappa shape index (κ1) is 13.3. The van der Waals surface area contributed by atoms with Crippen molar-refractivity contribution >= 4 is 5.91 Å². The normalized spacial score (nSPS) is 11.6. The van der Waals surface area contributed by atoms with E-state index in [1.54, 1.807) is 25.1 Å². The van der Waals surface area contributed by atoms with Gasteiger partial charge in [-0.1, -0.05) is 18.2 Å². The molecule has 4 heteroatoms. The van der Waals surface area contributed by atoms with Crippen LogP contribution in [-0.4, -0.2) is 18.6 Å². The molecule has 1 aromatic rings. The van der Waals surface area contributed by atoms with E-state index in [-0.39, 0.29) is 5.91 Å². The first-order chi connectivity index (χ1) is 8.17. The van der Waals surface area contributed by atoms with E-state index in [1.807, 2.05) is 12.1 Å². The van der Waals surface area contributed by atoms with Crippen LogP contribution in [-0.2, 0) is 11.3 Å². The van der Waals surface area contributed by atoms with Gasteiger partial charge in [0, 0.05) is 13.1 Å². The van der Waals surface area contributed by atoms with Gasteiger partial charge in [-0.3, -0.25) is 4.79 Å². The average Bonchev–Trinajstić information content (AvgIpc) is 2.36. The highest BCUT2D eigenvalue weighted by Crippen LogP contribution is 2.13. The molecule has 92 valence electrons. The summed E-state index contributed by atoms with van der Waals surface area (Å²) >= 11 is 0. The topological polar surface area (TPSA) is 64.3 Å². The number of nitrogens with two attached hydrogens (primary N) is 1. The van der Waals surface area contributed by atoms with Crippen LogP contribution in [0, 0.1) is 0 Å². The third-order valence-electron chi connectivity index (χ3n) is 2.26. The molecule has 0 fully saturated rings. The maximum Gasteiger partial charge on any atom is 0.261 e. The van der Waals surface area contributed by atoms with Crippen molar-refractivity contribution in [3.05, 3.63) is 42.5 Å². The van der Waals surface area contributed by atoms with Gasteiger partial charge in [0.05, 0.1) is 0 Å². The smallest absolute Gasteiger partial charge is 0.261 e. The molecular weight excluding hydrogens is 216 g/mol. The van der Waals surface area contributed by atoms with Crippen LogP contribution in [0.2, 0.25) is 0 Å². The summed E-state index contributed by atoms with van der Waals surface area (Å²) in [5.74, 6) is 0.497. The van der Waals surface area contributed by atoms with Gasteiger partial charge in [-0.15, -0.1) is 6.58 Å². The quantitative estimate of drug-likeness (QED) is 0.727. The summed E-state index contributed by atoms with van der Waals surface area (Å²) in [5.41, 5.74) is 6.52. The summed E-state index contributed by atoms with van der Waals surface area (Å²) in [4.78, 5) is 11.5. The molecule has 0 saturated heterocycles. The number of ether oxygens (including phenoxy) is 1. The zero-order chi connectivity index (χ0) is 12.7. The predicted octanol–water partition coefficient (Wildman–Crippen LogP) is 1.21. The van der Waals surface area contributed by atoms with Gasteiger partial charge in [0.2, 0.25) is 0 Å². The number of hydrogen-bond acceptors (Lipinski definition) is 3. The zero-order valence-corrected chi connectivity index (χ0v) is 9.98. The number of nitrogens with one attached hydrogen (secondary N) is 1. The van der Waals surface area contributed by atoms with E-state index in [0.717, 1.165) is 5.56 Å². The minimum Gasteiger partial charge on any atom is -0.481 e. The highest BCUT2D eigenvalue weighted by atomic mass is 16.5. The third kappa shape index (κ3) is 4.28. The van der Waals surface area contributed by atoms with Crippen LogP contribution in [0.25, 0.3) is 0 Å². The van der Waals surface area contributed by atoms with Gasteiger partial charge in [0.15, 0.2) is 6.10 Å². The highest BCUT2D eigenvalue weighted by Gasteiger charge is 2.13. The predicted molar refractivity (Wildman–Crippen MR) is 67.6 cm³/mol. The number of hydrogen-bond donors (Lipinski definition) is 2. The molecule has 0 saturated carbocycles. The van der Waals surface area contributed by atoms with E-state index in [9.17, 15) is 4.79 Å². The van der Waals surface area contributed by atoms with Crippen molar-refractivity contribution in [3.63, 3.8) is 0 Å². The SMILES string of the molecule is C=CCNC(=O)C(C)Oc1ccc(CN)cc1. The van der Waals surface area contributed by atoms with Gasteiger partial charge in [-0.05, 0) is 24.6 Å². The lowest BCUT2D eigenvalue weighted by Gasteiger charge is -2.14. The Morgan fingerprint density at radius 2 is 2.18 bits per heavy atom. The monoisotopic (exact) mass is 234 g/mol. The summed E-state index contributed by atoms with van der Waals surface area (Å²) in [6, 6.07) is 7.37. The van der Waals surface area contributed by atoms with Crippen LogP contribution in [0.15, 0.2) is 36.9 Å². The fourth-order valence-corrected chi connectivity index (χ4v) is 1.28. The lowest BCUT2D eigenvalue weighted by Crippen LogP contribution is -2.36. The Balaban J connectivity index is 2.51. The summed E-state index contributed by atoms with van der Waals surface area (Å²) in [6.45, 7) is 6.17. The molecule has 3 N–H and O–H groups in total. The Morgan fingerprint density at radius 3 is 2.71 bits per heavy atom. The summed E-state index contributed by atoms with van der Waals surface area (Å²) in [6.07, 6.45) is 1.10. The van der Waals surface area contributed by atoms with Gasteiger partial charge in [-0.25, -0.2) is 0 Å². The van der Waals surface area contributed by atoms with Crippen molar-refractivity contribution in [1.82, 2.24) is 5.32 Å². The summed E-state index contributed by atoms with van der Waals surface area (Å²) < 4.78 is 5.49. The van der Waals surface area contributed by atoms with Crippen molar-refractivity contribution < 1.29 is 9.53 Å². The van der Waals surface area contributed by atoms with E-state index >= 15 is 0 Å². The van der Waals surface area contributed by atoms with Crippen molar-refractivity contribution in [3.8, 4) is 5.75 Å². The van der Waals surface area contributed by atoms with E-state index in [1.165, 1.54) is 0 Å². The molecule has 1 amide bonds. The third-order valence-corrected chi connectivity index (χ3v) is 2.26. The molecule has 1 aromatic carbocycles. The highest BCUT2D eigenvalue weighted by molar-refractivity contribution is 5.80. The van der Waals surface area contributed by atoms with Crippen LogP contribution in [0.4, 0.5) is 0 Å². The molecule has 1 atom stereocenters. The Kier molecular flexibility index (Phi) is 5.23. The van der Waals surface area contributed by atoms with Crippen LogP contribution in [0.5, 0.6) is 5.75 Å². The molecule has 0 aromatic heterocycles.